The molecule has 0 aliphatic carbocycles. The molecule has 0 saturated carbocycles. The summed E-state index contributed by atoms with van der Waals surface area (Å²) in [5.74, 6) is -0.443. The Labute approximate surface area is 145 Å². The Kier molecular flexibility index (Phi) is 5.60. The largest absolute Gasteiger partial charge is 0.469 e. The van der Waals surface area contributed by atoms with Gasteiger partial charge < -0.3 is 14.8 Å². The SMILES string of the molecule is COC(=O)[C@H]1[C@H](N(C)C(C(=O)NC(C)(C)C)C(C)C)[C@H]2CC[C@@H]1O2. The highest BCUT2D eigenvalue weighted by atomic mass is 16.5. The summed E-state index contributed by atoms with van der Waals surface area (Å²) in [4.78, 5) is 27.2. The molecule has 1 amide bonds. The van der Waals surface area contributed by atoms with Gasteiger partial charge in [-0.1, -0.05) is 13.8 Å². The second-order valence-corrected chi connectivity index (χ2v) is 8.42. The summed E-state index contributed by atoms with van der Waals surface area (Å²) in [6, 6.07) is -0.432. The van der Waals surface area contributed by atoms with Gasteiger partial charge in [0.2, 0.25) is 5.91 Å². The lowest BCUT2D eigenvalue weighted by molar-refractivity contribution is -0.150. The quantitative estimate of drug-likeness (QED) is 0.770. The lowest BCUT2D eigenvalue weighted by Gasteiger charge is -2.40. The summed E-state index contributed by atoms with van der Waals surface area (Å²) < 4.78 is 11.0. The van der Waals surface area contributed by atoms with Gasteiger partial charge in [0.05, 0.1) is 31.4 Å². The highest BCUT2D eigenvalue weighted by molar-refractivity contribution is 5.83. The lowest BCUT2D eigenvalue weighted by Crippen LogP contribution is -2.59. The summed E-state index contributed by atoms with van der Waals surface area (Å²) in [5, 5.41) is 3.07. The molecule has 24 heavy (non-hydrogen) atoms. The molecule has 1 unspecified atom stereocenters. The van der Waals surface area contributed by atoms with Gasteiger partial charge in [-0.05, 0) is 46.6 Å². The molecule has 2 aliphatic heterocycles. The molecule has 0 spiro atoms. The van der Waals surface area contributed by atoms with E-state index in [1.54, 1.807) is 0 Å². The highest BCUT2D eigenvalue weighted by Crippen LogP contribution is 2.43. The topological polar surface area (TPSA) is 67.9 Å². The van der Waals surface area contributed by atoms with Gasteiger partial charge in [0.15, 0.2) is 0 Å². The third-order valence-electron chi connectivity index (χ3n) is 5.02. The van der Waals surface area contributed by atoms with E-state index in [9.17, 15) is 9.59 Å². The monoisotopic (exact) mass is 340 g/mol. The molecule has 138 valence electrons. The van der Waals surface area contributed by atoms with Crippen LogP contribution in [0, 0.1) is 11.8 Å². The van der Waals surface area contributed by atoms with Crippen LogP contribution < -0.4 is 5.32 Å². The maximum absolute atomic E-state index is 12.8. The van der Waals surface area contributed by atoms with Crippen LogP contribution in [-0.2, 0) is 19.1 Å². The van der Waals surface area contributed by atoms with Crippen LogP contribution in [0.5, 0.6) is 0 Å². The maximum Gasteiger partial charge on any atom is 0.313 e. The predicted octanol–water partition coefficient (Wildman–Crippen LogP) is 1.58. The van der Waals surface area contributed by atoms with Crippen LogP contribution in [0.4, 0.5) is 0 Å². The minimum Gasteiger partial charge on any atom is -0.469 e. The van der Waals surface area contributed by atoms with Crippen molar-refractivity contribution in [3.05, 3.63) is 0 Å². The van der Waals surface area contributed by atoms with Crippen molar-refractivity contribution in [1.29, 1.82) is 0 Å². The van der Waals surface area contributed by atoms with Gasteiger partial charge in [0.1, 0.15) is 5.92 Å². The van der Waals surface area contributed by atoms with Gasteiger partial charge in [0.25, 0.3) is 0 Å². The molecule has 2 rings (SSSR count). The molecule has 5 atom stereocenters. The number of hydrogen-bond donors (Lipinski definition) is 1. The first kappa shape index (κ1) is 19.2. The summed E-state index contributed by atoms with van der Waals surface area (Å²) in [6.07, 6.45) is 1.72. The van der Waals surface area contributed by atoms with E-state index in [0.29, 0.717) is 0 Å². The Hall–Kier alpha value is -1.14. The molecule has 1 N–H and O–H groups in total. The molecule has 2 bridgehead atoms. The van der Waals surface area contributed by atoms with E-state index in [1.165, 1.54) is 7.11 Å². The van der Waals surface area contributed by atoms with Gasteiger partial charge >= 0.3 is 5.97 Å². The van der Waals surface area contributed by atoms with Crippen molar-refractivity contribution >= 4 is 11.9 Å². The Bertz CT molecular complexity index is 486. The third kappa shape index (κ3) is 3.75. The number of fused-ring (bicyclic) bond motifs is 2. The molecule has 2 aliphatic rings. The van der Waals surface area contributed by atoms with Crippen molar-refractivity contribution in [3.8, 4) is 0 Å². The lowest BCUT2D eigenvalue weighted by atomic mass is 9.82. The number of amides is 1. The average Bonchev–Trinajstić information content (AvgIpc) is 3.04. The van der Waals surface area contributed by atoms with Crippen LogP contribution in [0.1, 0.15) is 47.5 Å². The summed E-state index contributed by atoms with van der Waals surface area (Å²) in [5.41, 5.74) is -0.294. The number of ether oxygens (including phenoxy) is 2. The zero-order chi connectivity index (χ0) is 18.2. The van der Waals surface area contributed by atoms with Crippen LogP contribution >= 0.6 is 0 Å². The first-order valence-electron chi connectivity index (χ1n) is 8.84. The van der Waals surface area contributed by atoms with E-state index in [1.807, 2.05) is 46.6 Å². The Morgan fingerprint density at radius 1 is 1.21 bits per heavy atom. The second kappa shape index (κ2) is 7.00. The predicted molar refractivity (Wildman–Crippen MR) is 91.5 cm³/mol. The number of rotatable bonds is 5. The number of hydrogen-bond acceptors (Lipinski definition) is 5. The number of nitrogens with zero attached hydrogens (tertiary/aromatic N) is 1. The number of carbonyl (C=O) groups is 2. The summed E-state index contributed by atoms with van der Waals surface area (Å²) >= 11 is 0. The number of nitrogens with one attached hydrogen (secondary N) is 1. The van der Waals surface area contributed by atoms with Crippen molar-refractivity contribution < 1.29 is 19.1 Å². The molecular weight excluding hydrogens is 308 g/mol. The smallest absolute Gasteiger partial charge is 0.313 e. The van der Waals surface area contributed by atoms with Crippen LogP contribution in [0.15, 0.2) is 0 Å². The van der Waals surface area contributed by atoms with Gasteiger partial charge in [-0.15, -0.1) is 0 Å². The molecular formula is C18H32N2O4. The Balaban J connectivity index is 2.23. The van der Waals surface area contributed by atoms with E-state index in [2.05, 4.69) is 5.32 Å². The van der Waals surface area contributed by atoms with Gasteiger partial charge in [-0.25, -0.2) is 0 Å². The normalized spacial score (nSPS) is 30.7. The van der Waals surface area contributed by atoms with E-state index in [0.717, 1.165) is 12.8 Å². The van der Waals surface area contributed by atoms with Crippen LogP contribution in [0.25, 0.3) is 0 Å². The minimum absolute atomic E-state index is 0.00668. The van der Waals surface area contributed by atoms with E-state index in [4.69, 9.17) is 9.47 Å². The minimum atomic E-state index is -0.317. The van der Waals surface area contributed by atoms with Gasteiger partial charge in [-0.3, -0.25) is 14.5 Å². The van der Waals surface area contributed by atoms with Crippen molar-refractivity contribution in [2.75, 3.05) is 14.2 Å². The first-order valence-corrected chi connectivity index (χ1v) is 8.84. The van der Waals surface area contributed by atoms with Crippen molar-refractivity contribution in [2.45, 2.75) is 77.3 Å². The van der Waals surface area contributed by atoms with Gasteiger partial charge in [0, 0.05) is 5.54 Å². The fraction of sp³-hybridized carbons (Fsp3) is 0.889. The van der Waals surface area contributed by atoms with Crippen molar-refractivity contribution in [3.63, 3.8) is 0 Å². The fourth-order valence-corrected chi connectivity index (χ4v) is 4.19. The van der Waals surface area contributed by atoms with Crippen molar-refractivity contribution in [1.82, 2.24) is 10.2 Å². The molecule has 6 nitrogen and oxygen atoms in total. The van der Waals surface area contributed by atoms with Crippen LogP contribution in [-0.4, -0.2) is 60.8 Å². The molecule has 2 heterocycles. The number of methoxy groups -OCH3 is 1. The van der Waals surface area contributed by atoms with Gasteiger partial charge in [-0.2, -0.15) is 0 Å². The Morgan fingerprint density at radius 3 is 2.29 bits per heavy atom. The molecule has 0 radical (unpaired) electrons. The summed E-state index contributed by atoms with van der Waals surface area (Å²) in [7, 11) is 3.34. The highest BCUT2D eigenvalue weighted by Gasteiger charge is 2.56. The molecule has 0 aromatic carbocycles. The number of carbonyl (C=O) groups excluding carboxylic acids is 2. The first-order chi connectivity index (χ1) is 11.1. The fourth-order valence-electron chi connectivity index (χ4n) is 4.19. The third-order valence-corrected chi connectivity index (χ3v) is 5.02. The van der Waals surface area contributed by atoms with Crippen LogP contribution in [0.2, 0.25) is 0 Å². The zero-order valence-electron chi connectivity index (χ0n) is 16.0. The summed E-state index contributed by atoms with van der Waals surface area (Å²) in [6.45, 7) is 9.98. The average molecular weight is 340 g/mol. The molecule has 0 aromatic rings. The molecule has 0 aromatic heterocycles. The van der Waals surface area contributed by atoms with E-state index >= 15 is 0 Å². The maximum atomic E-state index is 12.8. The second-order valence-electron chi connectivity index (χ2n) is 8.42. The molecule has 2 fully saturated rings. The standard InChI is InChI=1S/C18H32N2O4/c1-10(2)14(16(21)19-18(3,4)5)20(6)15-12-9-8-11(24-12)13(15)17(22)23-7/h10-15H,8-9H2,1-7H3,(H,19,21)/t11-,12+,13+,14?,15+/m0/s1. The molecule has 2 saturated heterocycles. The Morgan fingerprint density at radius 2 is 1.79 bits per heavy atom. The van der Waals surface area contributed by atoms with E-state index < -0.39 is 0 Å². The molecule has 6 heteroatoms. The van der Waals surface area contributed by atoms with E-state index in [-0.39, 0.29) is 53.5 Å². The number of esters is 1. The zero-order valence-corrected chi connectivity index (χ0v) is 16.0. The van der Waals surface area contributed by atoms with Crippen LogP contribution in [0.3, 0.4) is 0 Å². The van der Waals surface area contributed by atoms with Crippen molar-refractivity contribution in [2.24, 2.45) is 11.8 Å². The number of likely N-dealkylation sites (N-methyl/N-ethyl adjacent to an activating group) is 1.